The Kier molecular flexibility index (Phi) is 23.5. The van der Waals surface area contributed by atoms with Crippen molar-refractivity contribution < 1.29 is 57.0 Å². The number of phenols is 1. The molecule has 14 N–H and O–H groups in total. The molecule has 94 heavy (non-hydrogen) atoms. The Morgan fingerprint density at radius 3 is 1.94 bits per heavy atom. The number of nitrogens with zero attached hydrogens (tertiary/aromatic N) is 2. The van der Waals surface area contributed by atoms with Gasteiger partial charge in [0.05, 0.1) is 12.2 Å². The Labute approximate surface area is 553 Å². The normalized spacial score (nSPS) is 23.3. The van der Waals surface area contributed by atoms with Gasteiger partial charge in [0.15, 0.2) is 0 Å². The lowest BCUT2D eigenvalue weighted by atomic mass is 9.95. The zero-order valence-corrected chi connectivity index (χ0v) is 54.6. The molecule has 23 nitrogen and oxygen atoms in total. The summed E-state index contributed by atoms with van der Waals surface area (Å²) in [4.78, 5) is 141. The average molecular weight is 1350 g/mol. The fraction of sp³-hybridized carbons (Fsp3) is 0.394. The number of amides is 9. The molecule has 0 saturated carbocycles. The van der Waals surface area contributed by atoms with Gasteiger partial charge in [-0.05, 0) is 136 Å². The summed E-state index contributed by atoms with van der Waals surface area (Å²) in [6, 6.07) is 13.3. The first-order valence-corrected chi connectivity index (χ1v) is 34.1. The fourth-order valence-corrected chi connectivity index (χ4v) is 14.2. The summed E-state index contributed by atoms with van der Waals surface area (Å²) in [5.74, 6) is -5.92. The Balaban J connectivity index is 1.02. The van der Waals surface area contributed by atoms with Crippen LogP contribution in [0.5, 0.6) is 5.75 Å². The number of H-pyrrole nitrogens is 2. The van der Waals surface area contributed by atoms with Crippen molar-refractivity contribution in [2.45, 2.75) is 138 Å². The molecule has 7 aromatic rings. The second kappa shape index (κ2) is 31.8. The number of rotatable bonds is 11. The van der Waals surface area contributed by atoms with E-state index in [1.807, 2.05) is 24.3 Å². The molecule has 0 radical (unpaired) electrons. The molecule has 28 heteroatoms. The van der Waals surface area contributed by atoms with Crippen molar-refractivity contribution in [3.05, 3.63) is 153 Å². The van der Waals surface area contributed by atoms with E-state index in [2.05, 4.69) is 52.2 Å². The number of thiazole rings is 1. The summed E-state index contributed by atoms with van der Waals surface area (Å²) in [7, 11) is 0. The van der Waals surface area contributed by atoms with Gasteiger partial charge in [0.2, 0.25) is 47.3 Å². The van der Waals surface area contributed by atoms with Crippen molar-refractivity contribution in [1.29, 1.82) is 0 Å². The molecule has 2 aliphatic rings. The molecular weight excluding hydrogens is 1270 g/mol. The Bertz CT molecular complexity index is 3920. The predicted molar refractivity (Wildman–Crippen MR) is 356 cm³/mol. The number of hydrogen-bond acceptors (Lipinski definition) is 15. The van der Waals surface area contributed by atoms with Crippen LogP contribution in [0.15, 0.2) is 104 Å². The quantitative estimate of drug-likeness (QED) is 0.0750. The summed E-state index contributed by atoms with van der Waals surface area (Å²) in [5, 5.41) is 30.7. The molecule has 498 valence electrons. The minimum atomic E-state index is -1.49. The van der Waals surface area contributed by atoms with Crippen LogP contribution in [-0.4, -0.2) is 145 Å². The third kappa shape index (κ3) is 17.9. The lowest BCUT2D eigenvalue weighted by Crippen LogP contribution is -2.62. The molecule has 3 aromatic heterocycles. The van der Waals surface area contributed by atoms with Gasteiger partial charge in [-0.15, -0.1) is 11.3 Å². The van der Waals surface area contributed by atoms with Gasteiger partial charge in [-0.2, -0.15) is 23.5 Å². The van der Waals surface area contributed by atoms with Gasteiger partial charge >= 0.3 is 0 Å². The van der Waals surface area contributed by atoms with Gasteiger partial charge in [-0.25, -0.2) is 13.8 Å². The number of nitrogens with one attached hydrogen (secondary N) is 9. The second-order valence-electron chi connectivity index (χ2n) is 23.8. The maximum absolute atomic E-state index is 15.0. The summed E-state index contributed by atoms with van der Waals surface area (Å²) in [6.07, 6.45) is 5.76. The maximum Gasteiger partial charge on any atom is 0.263 e. The number of fused-ring (bicyclic) bond motifs is 7. The van der Waals surface area contributed by atoms with Crippen LogP contribution >= 0.6 is 34.9 Å². The number of aromatic amines is 2. The van der Waals surface area contributed by atoms with Crippen LogP contribution in [0.1, 0.15) is 108 Å². The smallest absolute Gasteiger partial charge is 0.263 e. The number of hydrogen-bond donors (Lipinski definition) is 12. The van der Waals surface area contributed by atoms with Crippen molar-refractivity contribution in [2.75, 3.05) is 24.6 Å². The number of halogens is 2. The highest BCUT2D eigenvalue weighted by molar-refractivity contribution is 7.98. The summed E-state index contributed by atoms with van der Waals surface area (Å²) in [6.45, 7) is 5.06. The van der Waals surface area contributed by atoms with E-state index in [4.69, 9.17) is 11.5 Å². The first kappa shape index (κ1) is 69.5. The van der Waals surface area contributed by atoms with Gasteiger partial charge in [0, 0.05) is 89.4 Å². The van der Waals surface area contributed by atoms with Crippen LogP contribution in [0.3, 0.4) is 0 Å². The number of unbranched alkanes of at least 4 members (excludes halogenated alkanes) is 1. The van der Waals surface area contributed by atoms with E-state index in [-0.39, 0.29) is 66.5 Å². The third-order valence-electron chi connectivity index (χ3n) is 16.7. The average Bonchev–Trinajstić information content (AvgIpc) is 1.60. The summed E-state index contributed by atoms with van der Waals surface area (Å²) < 4.78 is 29.7. The number of thioether (sulfide) groups is 2. The minimum absolute atomic E-state index is 0.0293. The lowest BCUT2D eigenvalue weighted by Gasteiger charge is -2.37. The number of carbonyl (C=O) groups is 9. The Morgan fingerprint density at radius 2 is 1.30 bits per heavy atom. The van der Waals surface area contributed by atoms with Crippen LogP contribution in [0.4, 0.5) is 8.78 Å². The van der Waals surface area contributed by atoms with Crippen LogP contribution in [0.25, 0.3) is 21.8 Å². The molecule has 4 aromatic carbocycles. The summed E-state index contributed by atoms with van der Waals surface area (Å²) >= 11 is 3.77. The first-order valence-electron chi connectivity index (χ1n) is 31.0. The van der Waals surface area contributed by atoms with Gasteiger partial charge in [0.25, 0.3) is 5.91 Å². The van der Waals surface area contributed by atoms with E-state index < -0.39 is 113 Å². The highest BCUT2D eigenvalue weighted by Gasteiger charge is 2.48. The van der Waals surface area contributed by atoms with Crippen molar-refractivity contribution in [3.63, 3.8) is 0 Å². The molecule has 2 aliphatic heterocycles. The van der Waals surface area contributed by atoms with Crippen LogP contribution < -0.4 is 48.7 Å². The number of aromatic hydroxyl groups is 1. The van der Waals surface area contributed by atoms with E-state index in [1.54, 1.807) is 38.4 Å². The molecular formula is C66H77F2N13O10S3. The highest BCUT2D eigenvalue weighted by atomic mass is 32.2. The number of aromatic nitrogens is 3. The lowest BCUT2D eigenvalue weighted by molar-refractivity contribution is -0.146. The summed E-state index contributed by atoms with van der Waals surface area (Å²) in [5.41, 5.74) is 14.6. The van der Waals surface area contributed by atoms with Crippen LogP contribution in [-0.2, 0) is 69.1 Å². The van der Waals surface area contributed by atoms with Gasteiger partial charge < -0.3 is 68.7 Å². The molecule has 1 saturated heterocycles. The SMILES string of the molecule is C[C@@H]1NC(=O)[C@H](Cc2c[nH]c3ccc(F)cc23)NC(=O)[C@H](Cc2c[nH]c3ccc(F)cc23)NC(=O)[C@@H](C)NC(=O)[C@H](CCCCN)NC(=O)CCSCc2cccc(c2)CSC[C@@H](C(N)=O)NC(=O)[C@]2(C)CCCN2C(=O)[C@H](Cc2ccc(O)cc2)NC(=O)c2cnc1s2. The number of benzene rings is 4. The Hall–Kier alpha value is -8.86. The van der Waals surface area contributed by atoms with E-state index in [9.17, 15) is 57.0 Å². The number of carbonyl (C=O) groups excluding carboxylic acids is 9. The van der Waals surface area contributed by atoms with Crippen LogP contribution in [0, 0.1) is 11.6 Å². The fourth-order valence-electron chi connectivity index (χ4n) is 11.4. The largest absolute Gasteiger partial charge is 0.508 e. The number of phenolic OH excluding ortho intramolecular Hbond substituents is 1. The van der Waals surface area contributed by atoms with Crippen molar-refractivity contribution in [2.24, 2.45) is 11.5 Å². The van der Waals surface area contributed by atoms with Gasteiger partial charge in [-0.1, -0.05) is 36.4 Å². The van der Waals surface area contributed by atoms with Crippen molar-refractivity contribution >= 4 is 110 Å². The minimum Gasteiger partial charge on any atom is -0.508 e. The third-order valence-corrected chi connectivity index (χ3v) is 20.0. The van der Waals surface area contributed by atoms with E-state index in [0.717, 1.165) is 22.5 Å². The molecule has 8 atom stereocenters. The van der Waals surface area contributed by atoms with E-state index in [1.165, 1.54) is 90.1 Å². The number of primary amides is 1. The number of nitrogens with two attached hydrogens (primary N) is 2. The second-order valence-corrected chi connectivity index (χ2v) is 27.0. The van der Waals surface area contributed by atoms with Gasteiger partial charge in [-0.3, -0.25) is 43.2 Å². The zero-order chi connectivity index (χ0) is 67.2. The zero-order valence-electron chi connectivity index (χ0n) is 52.1. The van der Waals surface area contributed by atoms with E-state index >= 15 is 0 Å². The molecule has 4 bridgehead atoms. The van der Waals surface area contributed by atoms with Crippen molar-refractivity contribution in [3.8, 4) is 5.75 Å². The van der Waals surface area contributed by atoms with Crippen LogP contribution in [0.2, 0.25) is 0 Å². The molecule has 5 heterocycles. The molecule has 0 aliphatic carbocycles. The molecule has 0 spiro atoms. The standard InChI is InChI=1S/C66H77F2N13O10S3/c1-36-58(85)77-52(27-42-31-72-49-18-14-44(68)29-47(42)49)61(88)78-51(26-41-30-71-48-17-13-43(67)28-46(41)48)60(87)75-37(2)63-73-32-55(94-63)62(89)79-53(25-38-11-15-45(82)16-12-38)64(90)81-22-7-20-66(81,3)65(91)80-54(57(70)84)35-93-34-40-9-6-8-39(24-40)33-92-23-19-56(83)76-50(59(86)74-36)10-4-5-21-69/h6,8-9,11-18,24,28-32,36-37,50-54,71-72,82H,4-5,7,10,19-23,25-27,33-35,69H2,1-3H3,(H2,70,84)(H,74,86)(H,75,87)(H,76,83)(H,77,85)(H,78,88)(H,79,89)(H,80,91)/t36-,37+,50+,51+,52+,53+,54+,66+/m1/s1. The predicted octanol–water partition coefficient (Wildman–Crippen LogP) is 5.10. The monoisotopic (exact) mass is 1350 g/mol. The highest BCUT2D eigenvalue weighted by Crippen LogP contribution is 2.32. The molecule has 9 rings (SSSR count). The topological polar surface area (TPSA) is 358 Å². The Morgan fingerprint density at radius 1 is 0.691 bits per heavy atom. The van der Waals surface area contributed by atoms with E-state index in [0.29, 0.717) is 81.6 Å². The molecule has 1 fully saturated rings. The first-order chi connectivity index (χ1) is 45.0. The molecule has 0 unspecified atom stereocenters. The maximum atomic E-state index is 15.0. The van der Waals surface area contributed by atoms with Crippen molar-refractivity contribution in [1.82, 2.24) is 57.1 Å². The van der Waals surface area contributed by atoms with Gasteiger partial charge in [0.1, 0.15) is 69.1 Å². The molecule has 9 amide bonds.